The maximum atomic E-state index is 12.8. The van der Waals surface area contributed by atoms with Gasteiger partial charge in [-0.3, -0.25) is 14.4 Å². The summed E-state index contributed by atoms with van der Waals surface area (Å²) in [6, 6.07) is 0. The molecule has 0 radical (unpaired) electrons. The van der Waals surface area contributed by atoms with Crippen LogP contribution in [-0.2, 0) is 28.6 Å². The van der Waals surface area contributed by atoms with E-state index in [4.69, 9.17) is 14.2 Å². The number of unbranched alkanes of at least 4 members (excludes halogenated alkanes) is 24. The summed E-state index contributed by atoms with van der Waals surface area (Å²) in [7, 11) is 0. The lowest BCUT2D eigenvalue weighted by Crippen LogP contribution is -2.30. The third-order valence-electron chi connectivity index (χ3n) is 11.2. The van der Waals surface area contributed by atoms with Gasteiger partial charge >= 0.3 is 17.9 Å². The van der Waals surface area contributed by atoms with E-state index < -0.39 is 6.10 Å². The van der Waals surface area contributed by atoms with Crippen molar-refractivity contribution in [1.82, 2.24) is 0 Å². The first-order chi connectivity index (χ1) is 31.0. The summed E-state index contributed by atoms with van der Waals surface area (Å²) in [5, 5.41) is 0. The van der Waals surface area contributed by atoms with Crippen LogP contribution in [0, 0.1) is 0 Å². The van der Waals surface area contributed by atoms with Crippen LogP contribution in [0.2, 0.25) is 0 Å². The zero-order valence-corrected chi connectivity index (χ0v) is 41.3. The fourth-order valence-corrected chi connectivity index (χ4v) is 7.21. The Bertz CT molecular complexity index is 1190. The van der Waals surface area contributed by atoms with Gasteiger partial charge in [-0.25, -0.2) is 0 Å². The van der Waals surface area contributed by atoms with E-state index in [1.807, 2.05) is 6.08 Å². The summed E-state index contributed by atoms with van der Waals surface area (Å²) in [6.45, 7) is 6.44. The molecule has 0 fully saturated rings. The smallest absolute Gasteiger partial charge is 0.306 e. The minimum absolute atomic E-state index is 0.106. The van der Waals surface area contributed by atoms with Crippen molar-refractivity contribution >= 4 is 17.9 Å². The molecule has 0 bridgehead atoms. The normalized spacial score (nSPS) is 12.6. The molecule has 0 aromatic rings. The molecule has 1 atom stereocenters. The molecule has 0 aliphatic rings. The van der Waals surface area contributed by atoms with Gasteiger partial charge in [-0.05, 0) is 96.3 Å². The molecule has 0 aliphatic carbocycles. The summed E-state index contributed by atoms with van der Waals surface area (Å²) >= 11 is 0. The fourth-order valence-electron chi connectivity index (χ4n) is 7.21. The molecule has 0 aromatic heterocycles. The highest BCUT2D eigenvalue weighted by molar-refractivity contribution is 5.71. The molecule has 0 spiro atoms. The first kappa shape index (κ1) is 59.9. The molecule has 0 saturated carbocycles. The second kappa shape index (κ2) is 51.5. The van der Waals surface area contributed by atoms with Crippen molar-refractivity contribution in [2.75, 3.05) is 13.2 Å². The second-order valence-electron chi connectivity index (χ2n) is 17.4. The van der Waals surface area contributed by atoms with Crippen LogP contribution in [0.15, 0.2) is 72.9 Å². The maximum Gasteiger partial charge on any atom is 0.306 e. The average Bonchev–Trinajstić information content (AvgIpc) is 3.28. The van der Waals surface area contributed by atoms with Crippen molar-refractivity contribution in [3.8, 4) is 0 Å². The minimum Gasteiger partial charge on any atom is -0.462 e. The Morgan fingerprint density at radius 2 is 0.651 bits per heavy atom. The van der Waals surface area contributed by atoms with Crippen molar-refractivity contribution in [3.63, 3.8) is 0 Å². The van der Waals surface area contributed by atoms with E-state index in [0.717, 1.165) is 89.9 Å². The van der Waals surface area contributed by atoms with Crippen molar-refractivity contribution in [3.05, 3.63) is 72.9 Å². The molecule has 0 heterocycles. The zero-order valence-electron chi connectivity index (χ0n) is 41.3. The number of hydrogen-bond acceptors (Lipinski definition) is 6. The van der Waals surface area contributed by atoms with E-state index in [-0.39, 0.29) is 37.5 Å². The molecule has 0 aromatic carbocycles. The van der Waals surface area contributed by atoms with Crippen molar-refractivity contribution in [2.45, 2.75) is 258 Å². The minimum atomic E-state index is -0.812. The quantitative estimate of drug-likeness (QED) is 0.0262. The van der Waals surface area contributed by atoms with Crippen molar-refractivity contribution in [1.29, 1.82) is 0 Å². The summed E-state index contributed by atoms with van der Waals surface area (Å²) in [5.41, 5.74) is 0. The first-order valence-electron chi connectivity index (χ1n) is 26.4. The van der Waals surface area contributed by atoms with Crippen molar-refractivity contribution < 1.29 is 28.6 Å². The van der Waals surface area contributed by atoms with Crippen LogP contribution in [0.5, 0.6) is 0 Å². The highest BCUT2D eigenvalue weighted by Crippen LogP contribution is 2.14. The SMILES string of the molecule is CC/C=C\C/C=C\C/C=C\CCCCCCC(=O)OC(COC(=O)CC/C=C\C/C=C\CCCCCCCC)COC(=O)CCCCCCC/C=C\CCCCCCCCCCC. The van der Waals surface area contributed by atoms with E-state index in [0.29, 0.717) is 19.3 Å². The lowest BCUT2D eigenvalue weighted by atomic mass is 10.1. The van der Waals surface area contributed by atoms with Crippen LogP contribution in [0.4, 0.5) is 0 Å². The van der Waals surface area contributed by atoms with E-state index in [1.54, 1.807) is 0 Å². The Morgan fingerprint density at radius 3 is 1.08 bits per heavy atom. The van der Waals surface area contributed by atoms with Gasteiger partial charge in [-0.1, -0.05) is 209 Å². The number of esters is 3. The molecule has 362 valence electrons. The van der Waals surface area contributed by atoms with Crippen LogP contribution >= 0.6 is 0 Å². The van der Waals surface area contributed by atoms with Gasteiger partial charge in [0.25, 0.3) is 0 Å². The molecule has 6 nitrogen and oxygen atoms in total. The second-order valence-corrected chi connectivity index (χ2v) is 17.4. The summed E-state index contributed by atoms with van der Waals surface area (Å²) < 4.78 is 16.7. The van der Waals surface area contributed by atoms with Gasteiger partial charge in [0.05, 0.1) is 0 Å². The monoisotopic (exact) mass is 879 g/mol. The fraction of sp³-hybridized carbons (Fsp3) is 0.737. The molecule has 0 N–H and O–H groups in total. The highest BCUT2D eigenvalue weighted by atomic mass is 16.6. The third-order valence-corrected chi connectivity index (χ3v) is 11.2. The molecule has 1 unspecified atom stereocenters. The number of rotatable bonds is 47. The van der Waals surface area contributed by atoms with E-state index >= 15 is 0 Å². The van der Waals surface area contributed by atoms with Crippen LogP contribution < -0.4 is 0 Å². The molecular weight excluding hydrogens is 781 g/mol. The largest absolute Gasteiger partial charge is 0.462 e. The Balaban J connectivity index is 4.45. The zero-order chi connectivity index (χ0) is 45.8. The Labute approximate surface area is 389 Å². The lowest BCUT2D eigenvalue weighted by molar-refractivity contribution is -0.166. The molecule has 6 heteroatoms. The number of carbonyl (C=O) groups is 3. The molecule has 0 saturated heterocycles. The van der Waals surface area contributed by atoms with Gasteiger partial charge in [0.1, 0.15) is 13.2 Å². The van der Waals surface area contributed by atoms with Crippen LogP contribution in [0.25, 0.3) is 0 Å². The average molecular weight is 879 g/mol. The van der Waals surface area contributed by atoms with E-state index in [1.165, 1.54) is 116 Å². The number of ether oxygens (including phenoxy) is 3. The molecule has 63 heavy (non-hydrogen) atoms. The van der Waals surface area contributed by atoms with Gasteiger partial charge in [-0.15, -0.1) is 0 Å². The Kier molecular flexibility index (Phi) is 48.9. The van der Waals surface area contributed by atoms with Crippen LogP contribution in [0.3, 0.4) is 0 Å². The molecular formula is C57H98O6. The molecule has 0 aliphatic heterocycles. The van der Waals surface area contributed by atoms with Gasteiger partial charge in [-0.2, -0.15) is 0 Å². The summed E-state index contributed by atoms with van der Waals surface area (Å²) in [4.78, 5) is 37.9. The van der Waals surface area contributed by atoms with Gasteiger partial charge in [0.15, 0.2) is 6.10 Å². The molecule has 0 rings (SSSR count). The first-order valence-corrected chi connectivity index (χ1v) is 26.4. The Morgan fingerprint density at radius 1 is 0.333 bits per heavy atom. The lowest BCUT2D eigenvalue weighted by Gasteiger charge is -2.18. The van der Waals surface area contributed by atoms with Crippen LogP contribution in [0.1, 0.15) is 252 Å². The van der Waals surface area contributed by atoms with Gasteiger partial charge < -0.3 is 14.2 Å². The summed E-state index contributed by atoms with van der Waals surface area (Å²) in [5.74, 6) is -1.00. The highest BCUT2D eigenvalue weighted by Gasteiger charge is 2.19. The topological polar surface area (TPSA) is 78.9 Å². The van der Waals surface area contributed by atoms with E-state index in [9.17, 15) is 14.4 Å². The number of carbonyl (C=O) groups excluding carboxylic acids is 3. The molecule has 0 amide bonds. The predicted molar refractivity (Wildman–Crippen MR) is 270 cm³/mol. The summed E-state index contributed by atoms with van der Waals surface area (Å²) in [6.07, 6.45) is 64.7. The third kappa shape index (κ3) is 49.7. The standard InChI is InChI=1S/C57H98O6/c1-4-7-10-13-16-19-22-25-27-28-29-30-33-35-38-41-44-47-50-56(59)62-53-54(52-61-55(58)49-46-43-40-37-34-31-24-21-18-15-12-9-6-3)63-57(60)51-48-45-42-39-36-32-26-23-20-17-14-11-8-5-2/h8,11,17,20,26,29-32,34,40,43,54H,4-7,9-10,12-16,18-19,21-25,27-28,33,35-39,41-42,44-53H2,1-3H3/b11-8-,20-17-,30-29-,32-26-,34-31-,43-40-. The Hall–Kier alpha value is -3.15. The van der Waals surface area contributed by atoms with Gasteiger partial charge in [0, 0.05) is 19.3 Å². The van der Waals surface area contributed by atoms with Gasteiger partial charge in [0.2, 0.25) is 0 Å². The number of hydrogen-bond donors (Lipinski definition) is 0. The van der Waals surface area contributed by atoms with Crippen molar-refractivity contribution in [2.24, 2.45) is 0 Å². The van der Waals surface area contributed by atoms with Crippen LogP contribution in [-0.4, -0.2) is 37.2 Å². The van der Waals surface area contributed by atoms with E-state index in [2.05, 4.69) is 87.6 Å². The predicted octanol–water partition coefficient (Wildman–Crippen LogP) is 17.4. The maximum absolute atomic E-state index is 12.8. The number of allylic oxidation sites excluding steroid dienone is 12.